The molecule has 0 atom stereocenters. The highest BCUT2D eigenvalue weighted by atomic mass is 35.5. The maximum atomic E-state index is 6.01. The van der Waals surface area contributed by atoms with Crippen LogP contribution in [0.25, 0.3) is 0 Å². The second-order valence-corrected chi connectivity index (χ2v) is 4.53. The van der Waals surface area contributed by atoms with Crippen LogP contribution in [0.3, 0.4) is 0 Å². The summed E-state index contributed by atoms with van der Waals surface area (Å²) in [6, 6.07) is 18.9. The lowest BCUT2D eigenvalue weighted by molar-refractivity contribution is 0.827. The molecule has 0 aliphatic heterocycles. The summed E-state index contributed by atoms with van der Waals surface area (Å²) in [7, 11) is 0. The lowest BCUT2D eigenvalue weighted by Crippen LogP contribution is -2.23. The largest absolute Gasteiger partial charge is 0.367 e. The number of rotatable bonds is 5. The Kier molecular flexibility index (Phi) is 4.66. The van der Waals surface area contributed by atoms with E-state index in [1.807, 2.05) is 12.1 Å². The van der Waals surface area contributed by atoms with Gasteiger partial charge in [0.1, 0.15) is 0 Å². The van der Waals surface area contributed by atoms with Gasteiger partial charge in [-0.25, -0.2) is 0 Å². The normalized spacial score (nSPS) is 10.3. The molecule has 94 valence electrons. The molecule has 1 nitrogen and oxygen atoms in total. The third kappa shape index (κ3) is 3.05. The zero-order valence-corrected chi connectivity index (χ0v) is 11.4. The first-order valence-corrected chi connectivity index (χ1v) is 6.81. The van der Waals surface area contributed by atoms with Gasteiger partial charge in [-0.05, 0) is 24.1 Å². The van der Waals surface area contributed by atoms with Crippen molar-refractivity contribution in [2.75, 3.05) is 11.4 Å². The van der Waals surface area contributed by atoms with Crippen LogP contribution in [0.4, 0.5) is 5.69 Å². The van der Waals surface area contributed by atoms with Crippen molar-refractivity contribution < 1.29 is 0 Å². The fourth-order valence-electron chi connectivity index (χ4n) is 2.10. The van der Waals surface area contributed by atoms with E-state index in [0.29, 0.717) is 5.88 Å². The van der Waals surface area contributed by atoms with Crippen LogP contribution in [0, 0.1) is 0 Å². The molecule has 0 bridgehead atoms. The molecule has 0 N–H and O–H groups in total. The Labute approximate surface area is 114 Å². The number of para-hydroxylation sites is 1. The predicted octanol–water partition coefficient (Wildman–Crippen LogP) is 4.45. The Balaban J connectivity index is 2.23. The molecule has 2 aromatic carbocycles. The highest BCUT2D eigenvalue weighted by Crippen LogP contribution is 2.23. The van der Waals surface area contributed by atoms with E-state index in [2.05, 4.69) is 54.3 Å². The molecule has 0 saturated heterocycles. The van der Waals surface area contributed by atoms with E-state index < -0.39 is 0 Å². The third-order valence-electron chi connectivity index (χ3n) is 3.07. The van der Waals surface area contributed by atoms with Crippen LogP contribution in [0.2, 0.25) is 0 Å². The molecule has 0 radical (unpaired) electrons. The summed E-state index contributed by atoms with van der Waals surface area (Å²) in [5.41, 5.74) is 3.75. The molecule has 0 heterocycles. The maximum Gasteiger partial charge on any atom is 0.0494 e. The minimum Gasteiger partial charge on any atom is -0.367 e. The number of halogens is 1. The number of benzene rings is 2. The first kappa shape index (κ1) is 13.0. The van der Waals surface area contributed by atoms with E-state index in [4.69, 9.17) is 11.6 Å². The Morgan fingerprint density at radius 3 is 2.28 bits per heavy atom. The van der Waals surface area contributed by atoms with E-state index in [1.54, 1.807) is 0 Å². The molecule has 0 saturated carbocycles. The minimum absolute atomic E-state index is 0.557. The van der Waals surface area contributed by atoms with Gasteiger partial charge in [0.15, 0.2) is 0 Å². The lowest BCUT2D eigenvalue weighted by atomic mass is 10.1. The highest BCUT2D eigenvalue weighted by Gasteiger charge is 2.08. The van der Waals surface area contributed by atoms with Gasteiger partial charge in [-0.1, -0.05) is 48.5 Å². The van der Waals surface area contributed by atoms with Crippen LogP contribution >= 0.6 is 11.6 Å². The smallest absolute Gasteiger partial charge is 0.0494 e. The SMILES string of the molecule is CCN(Cc1ccccc1)c1ccccc1CCl. The summed E-state index contributed by atoms with van der Waals surface area (Å²) in [5, 5.41) is 0. The fourth-order valence-corrected chi connectivity index (χ4v) is 2.33. The summed E-state index contributed by atoms with van der Waals surface area (Å²) in [5.74, 6) is 0.557. The zero-order valence-electron chi connectivity index (χ0n) is 10.6. The average molecular weight is 260 g/mol. The van der Waals surface area contributed by atoms with Gasteiger partial charge in [-0.3, -0.25) is 0 Å². The van der Waals surface area contributed by atoms with Crippen LogP contribution in [0.1, 0.15) is 18.1 Å². The van der Waals surface area contributed by atoms with Crippen molar-refractivity contribution in [3.05, 3.63) is 65.7 Å². The topological polar surface area (TPSA) is 3.24 Å². The van der Waals surface area contributed by atoms with Gasteiger partial charge in [0.05, 0.1) is 0 Å². The van der Waals surface area contributed by atoms with Crippen molar-refractivity contribution >= 4 is 17.3 Å². The molecule has 0 amide bonds. The number of hydrogen-bond donors (Lipinski definition) is 0. The zero-order chi connectivity index (χ0) is 12.8. The number of nitrogens with zero attached hydrogens (tertiary/aromatic N) is 1. The van der Waals surface area contributed by atoms with Crippen molar-refractivity contribution in [2.24, 2.45) is 0 Å². The van der Waals surface area contributed by atoms with Crippen LogP contribution in [-0.4, -0.2) is 6.54 Å². The third-order valence-corrected chi connectivity index (χ3v) is 3.36. The summed E-state index contributed by atoms with van der Waals surface area (Å²) in [6.45, 7) is 4.07. The molecule has 0 aliphatic rings. The van der Waals surface area contributed by atoms with E-state index in [0.717, 1.165) is 13.1 Å². The van der Waals surface area contributed by atoms with E-state index >= 15 is 0 Å². The molecule has 0 fully saturated rings. The standard InChI is InChI=1S/C16H18ClN/c1-2-18(13-14-8-4-3-5-9-14)16-11-7-6-10-15(16)12-17/h3-11H,2,12-13H2,1H3. The van der Waals surface area contributed by atoms with Gasteiger partial charge in [-0.2, -0.15) is 0 Å². The number of alkyl halides is 1. The number of anilines is 1. The van der Waals surface area contributed by atoms with Crippen molar-refractivity contribution in [3.63, 3.8) is 0 Å². The van der Waals surface area contributed by atoms with Crippen LogP contribution in [0.15, 0.2) is 54.6 Å². The Hall–Kier alpha value is -1.47. The first-order chi connectivity index (χ1) is 8.85. The van der Waals surface area contributed by atoms with Gasteiger partial charge >= 0.3 is 0 Å². The molecular formula is C16H18ClN. The first-order valence-electron chi connectivity index (χ1n) is 6.28. The van der Waals surface area contributed by atoms with Gasteiger partial charge in [0.25, 0.3) is 0 Å². The van der Waals surface area contributed by atoms with Crippen molar-refractivity contribution in [3.8, 4) is 0 Å². The second-order valence-electron chi connectivity index (χ2n) is 4.26. The molecular weight excluding hydrogens is 242 g/mol. The van der Waals surface area contributed by atoms with Gasteiger partial charge in [-0.15, -0.1) is 11.6 Å². The van der Waals surface area contributed by atoms with Crippen LogP contribution in [0.5, 0.6) is 0 Å². The predicted molar refractivity (Wildman–Crippen MR) is 79.2 cm³/mol. The summed E-state index contributed by atoms with van der Waals surface area (Å²) in [4.78, 5) is 2.35. The molecule has 2 heteroatoms. The molecule has 2 rings (SSSR count). The minimum atomic E-state index is 0.557. The summed E-state index contributed by atoms with van der Waals surface area (Å²) in [6.07, 6.45) is 0. The van der Waals surface area contributed by atoms with Crippen LogP contribution < -0.4 is 4.90 Å². The lowest BCUT2D eigenvalue weighted by Gasteiger charge is -2.25. The van der Waals surface area contributed by atoms with Crippen molar-refractivity contribution in [1.82, 2.24) is 0 Å². The van der Waals surface area contributed by atoms with Crippen LogP contribution in [-0.2, 0) is 12.4 Å². The molecule has 0 aromatic heterocycles. The highest BCUT2D eigenvalue weighted by molar-refractivity contribution is 6.17. The molecule has 18 heavy (non-hydrogen) atoms. The van der Waals surface area contributed by atoms with E-state index in [1.165, 1.54) is 16.8 Å². The fraction of sp³-hybridized carbons (Fsp3) is 0.250. The van der Waals surface area contributed by atoms with E-state index in [9.17, 15) is 0 Å². The molecule has 0 spiro atoms. The Bertz CT molecular complexity index is 481. The molecule has 2 aromatic rings. The Morgan fingerprint density at radius 2 is 1.61 bits per heavy atom. The van der Waals surface area contributed by atoms with Gasteiger partial charge < -0.3 is 4.90 Å². The monoisotopic (exact) mass is 259 g/mol. The maximum absolute atomic E-state index is 6.01. The van der Waals surface area contributed by atoms with Crippen molar-refractivity contribution in [1.29, 1.82) is 0 Å². The molecule has 0 unspecified atom stereocenters. The summed E-state index contributed by atoms with van der Waals surface area (Å²) < 4.78 is 0. The number of hydrogen-bond acceptors (Lipinski definition) is 1. The van der Waals surface area contributed by atoms with Gasteiger partial charge in [0.2, 0.25) is 0 Å². The van der Waals surface area contributed by atoms with E-state index in [-0.39, 0.29) is 0 Å². The second kappa shape index (κ2) is 6.46. The average Bonchev–Trinajstić information content (AvgIpc) is 2.46. The quantitative estimate of drug-likeness (QED) is 0.717. The summed E-state index contributed by atoms with van der Waals surface area (Å²) >= 11 is 6.01. The molecule has 0 aliphatic carbocycles. The van der Waals surface area contributed by atoms with Crippen molar-refractivity contribution in [2.45, 2.75) is 19.3 Å². The van der Waals surface area contributed by atoms with Gasteiger partial charge in [0, 0.05) is 24.7 Å². The Morgan fingerprint density at radius 1 is 0.944 bits per heavy atom.